The minimum Gasteiger partial charge on any atom is -0.390 e. The van der Waals surface area contributed by atoms with Crippen molar-refractivity contribution in [2.45, 2.75) is 37.8 Å². The van der Waals surface area contributed by atoms with Crippen LogP contribution in [-0.2, 0) is 19.9 Å². The first-order valence-corrected chi connectivity index (χ1v) is 10.2. The van der Waals surface area contributed by atoms with Crippen LogP contribution in [0.3, 0.4) is 0 Å². The molecule has 0 unspecified atom stereocenters. The highest BCUT2D eigenvalue weighted by Gasteiger charge is 2.43. The normalized spacial score (nSPS) is 24.8. The van der Waals surface area contributed by atoms with E-state index in [0.717, 1.165) is 15.4 Å². The summed E-state index contributed by atoms with van der Waals surface area (Å²) in [5.41, 5.74) is 2.44. The zero-order valence-electron chi connectivity index (χ0n) is 13.1. The topological polar surface area (TPSA) is 91.8 Å². The lowest BCUT2D eigenvalue weighted by atomic mass is 10.1. The summed E-state index contributed by atoms with van der Waals surface area (Å²) in [5, 5.41) is 9.89. The maximum absolute atomic E-state index is 12.8. The highest BCUT2D eigenvalue weighted by molar-refractivity contribution is 7.92. The van der Waals surface area contributed by atoms with E-state index < -0.39 is 37.8 Å². The van der Waals surface area contributed by atoms with Crippen LogP contribution in [0, 0.1) is 20.8 Å². The maximum atomic E-state index is 12.8. The fraction of sp³-hybridized carbons (Fsp3) is 0.571. The van der Waals surface area contributed by atoms with Gasteiger partial charge >= 0.3 is 0 Å². The number of aliphatic hydroxyl groups is 1. The van der Waals surface area contributed by atoms with Gasteiger partial charge in [0.2, 0.25) is 10.0 Å². The average Bonchev–Trinajstić information content (AvgIpc) is 2.66. The Morgan fingerprint density at radius 1 is 1.09 bits per heavy atom. The fourth-order valence-electron chi connectivity index (χ4n) is 2.70. The molecule has 6 nitrogen and oxygen atoms in total. The van der Waals surface area contributed by atoms with Crippen LogP contribution in [0.15, 0.2) is 17.0 Å². The van der Waals surface area contributed by atoms with Gasteiger partial charge in [-0.3, -0.25) is 0 Å². The van der Waals surface area contributed by atoms with Crippen molar-refractivity contribution in [3.63, 3.8) is 0 Å². The van der Waals surface area contributed by atoms with Gasteiger partial charge in [0.15, 0.2) is 9.84 Å². The Kier molecular flexibility index (Phi) is 4.42. The molecule has 1 aliphatic heterocycles. The van der Waals surface area contributed by atoms with Gasteiger partial charge in [0.05, 0.1) is 28.5 Å². The Morgan fingerprint density at radius 3 is 2.14 bits per heavy atom. The van der Waals surface area contributed by atoms with Gasteiger partial charge in [-0.1, -0.05) is 6.07 Å². The molecule has 1 aromatic rings. The molecular weight excluding hydrogens is 326 g/mol. The SMILES string of the molecule is Cc1cc(C)c(S(=O)(=O)N(C)[C@H]2CS(=O)(=O)C[C@H]2O)cc1C. The zero-order valence-corrected chi connectivity index (χ0v) is 14.7. The van der Waals surface area contributed by atoms with Gasteiger partial charge in [-0.05, 0) is 43.5 Å². The van der Waals surface area contributed by atoms with Crippen molar-refractivity contribution in [2.75, 3.05) is 18.6 Å². The Hall–Kier alpha value is -0.960. The molecule has 0 aliphatic carbocycles. The van der Waals surface area contributed by atoms with Crippen LogP contribution in [0.25, 0.3) is 0 Å². The number of hydrogen-bond donors (Lipinski definition) is 1. The third-order valence-electron chi connectivity index (χ3n) is 4.21. The lowest BCUT2D eigenvalue weighted by molar-refractivity contribution is 0.137. The summed E-state index contributed by atoms with van der Waals surface area (Å²) in [5.74, 6) is -0.753. The number of rotatable bonds is 3. The summed E-state index contributed by atoms with van der Waals surface area (Å²) < 4.78 is 49.8. The molecule has 0 amide bonds. The second kappa shape index (κ2) is 5.59. The molecule has 1 saturated heterocycles. The van der Waals surface area contributed by atoms with Crippen molar-refractivity contribution < 1.29 is 21.9 Å². The van der Waals surface area contributed by atoms with Crippen molar-refractivity contribution in [1.29, 1.82) is 0 Å². The summed E-state index contributed by atoms with van der Waals surface area (Å²) in [6, 6.07) is 2.43. The predicted octanol–water partition coefficient (Wildman–Crippen LogP) is 0.390. The van der Waals surface area contributed by atoms with Crippen molar-refractivity contribution >= 4 is 19.9 Å². The van der Waals surface area contributed by atoms with Gasteiger partial charge in [-0.2, -0.15) is 4.31 Å². The first-order valence-electron chi connectivity index (χ1n) is 6.90. The highest BCUT2D eigenvalue weighted by Crippen LogP contribution is 2.27. The number of sulfonamides is 1. The van der Waals surface area contributed by atoms with Crippen LogP contribution in [0.4, 0.5) is 0 Å². The number of benzene rings is 1. The maximum Gasteiger partial charge on any atom is 0.243 e. The van der Waals surface area contributed by atoms with Crippen molar-refractivity contribution in [2.24, 2.45) is 0 Å². The van der Waals surface area contributed by atoms with Crippen LogP contribution in [0.2, 0.25) is 0 Å². The van der Waals surface area contributed by atoms with Crippen LogP contribution in [0.1, 0.15) is 16.7 Å². The van der Waals surface area contributed by atoms with Gasteiger partial charge < -0.3 is 5.11 Å². The molecule has 0 radical (unpaired) electrons. The Bertz CT molecular complexity index is 799. The molecule has 124 valence electrons. The number of aryl methyl sites for hydroxylation is 3. The molecule has 2 atom stereocenters. The minimum atomic E-state index is -3.87. The minimum absolute atomic E-state index is 0.148. The molecule has 1 N–H and O–H groups in total. The molecule has 0 aromatic heterocycles. The molecular formula is C14H21NO5S2. The third kappa shape index (κ3) is 3.05. The van der Waals surface area contributed by atoms with E-state index in [-0.39, 0.29) is 10.6 Å². The highest BCUT2D eigenvalue weighted by atomic mass is 32.2. The monoisotopic (exact) mass is 347 g/mol. The lowest BCUT2D eigenvalue weighted by Gasteiger charge is -2.26. The van der Waals surface area contributed by atoms with Gasteiger partial charge in [0.25, 0.3) is 0 Å². The summed E-state index contributed by atoms with van der Waals surface area (Å²) in [6.45, 7) is 5.42. The quantitative estimate of drug-likeness (QED) is 0.854. The number of aliphatic hydroxyl groups excluding tert-OH is 1. The smallest absolute Gasteiger partial charge is 0.243 e. The summed E-state index contributed by atoms with van der Waals surface area (Å²) in [4.78, 5) is 0.148. The third-order valence-corrected chi connectivity index (χ3v) is 7.93. The van der Waals surface area contributed by atoms with E-state index in [0.29, 0.717) is 5.56 Å². The van der Waals surface area contributed by atoms with Crippen molar-refractivity contribution in [3.05, 3.63) is 28.8 Å². The van der Waals surface area contributed by atoms with E-state index in [1.807, 2.05) is 13.8 Å². The predicted molar refractivity (Wildman–Crippen MR) is 84.1 cm³/mol. The zero-order chi connectivity index (χ0) is 16.9. The summed E-state index contributed by atoms with van der Waals surface area (Å²) >= 11 is 0. The molecule has 8 heteroatoms. The molecule has 0 spiro atoms. The lowest BCUT2D eigenvalue weighted by Crippen LogP contribution is -2.44. The van der Waals surface area contributed by atoms with E-state index in [1.165, 1.54) is 7.05 Å². The average molecular weight is 347 g/mol. The van der Waals surface area contributed by atoms with Gasteiger partial charge in [-0.15, -0.1) is 0 Å². The molecule has 1 fully saturated rings. The van der Waals surface area contributed by atoms with Crippen molar-refractivity contribution in [1.82, 2.24) is 4.31 Å². The second-order valence-electron chi connectivity index (χ2n) is 5.93. The van der Waals surface area contributed by atoms with E-state index in [9.17, 15) is 21.9 Å². The molecule has 2 rings (SSSR count). The van der Waals surface area contributed by atoms with Crippen molar-refractivity contribution in [3.8, 4) is 0 Å². The first-order chi connectivity index (χ1) is 9.95. The van der Waals surface area contributed by atoms with E-state index >= 15 is 0 Å². The fourth-order valence-corrected chi connectivity index (χ4v) is 6.32. The van der Waals surface area contributed by atoms with Gasteiger partial charge in [0, 0.05) is 7.05 Å². The molecule has 1 aromatic carbocycles. The number of sulfone groups is 1. The Labute approximate surface area is 131 Å². The van der Waals surface area contributed by atoms with E-state index in [2.05, 4.69) is 0 Å². The largest absolute Gasteiger partial charge is 0.390 e. The van der Waals surface area contributed by atoms with Crippen LogP contribution < -0.4 is 0 Å². The molecule has 22 heavy (non-hydrogen) atoms. The number of hydrogen-bond acceptors (Lipinski definition) is 5. The van der Waals surface area contributed by atoms with E-state index in [4.69, 9.17) is 0 Å². The summed E-state index contributed by atoms with van der Waals surface area (Å²) in [6.07, 6.45) is -1.20. The number of likely N-dealkylation sites (N-methyl/N-ethyl adjacent to an activating group) is 1. The molecule has 1 aliphatic rings. The van der Waals surface area contributed by atoms with E-state index in [1.54, 1.807) is 19.1 Å². The van der Waals surface area contributed by atoms with Gasteiger partial charge in [0.1, 0.15) is 0 Å². The van der Waals surface area contributed by atoms with Crippen LogP contribution >= 0.6 is 0 Å². The standard InChI is InChI=1S/C14H21NO5S2/c1-9-5-11(3)14(6-10(9)2)22(19,20)15(4)12-7-21(17,18)8-13(12)16/h5-6,12-13,16H,7-8H2,1-4H3/t12-,13+/m0/s1. The Morgan fingerprint density at radius 2 is 1.64 bits per heavy atom. The van der Waals surface area contributed by atoms with Crippen LogP contribution in [-0.4, -0.2) is 56.9 Å². The molecule has 0 bridgehead atoms. The van der Waals surface area contributed by atoms with Gasteiger partial charge in [-0.25, -0.2) is 16.8 Å². The second-order valence-corrected chi connectivity index (χ2v) is 10.1. The molecule has 0 saturated carbocycles. The van der Waals surface area contributed by atoms with Crippen LogP contribution in [0.5, 0.6) is 0 Å². The summed E-state index contributed by atoms with van der Waals surface area (Å²) in [7, 11) is -5.96. The molecule has 1 heterocycles. The first kappa shape index (κ1) is 17.4. The Balaban J connectivity index is 2.45. The number of nitrogens with zero attached hydrogens (tertiary/aromatic N) is 1.